The van der Waals surface area contributed by atoms with Gasteiger partial charge in [-0.25, -0.2) is 4.98 Å². The lowest BCUT2D eigenvalue weighted by Crippen LogP contribution is -2.45. The van der Waals surface area contributed by atoms with Crippen LogP contribution in [0.25, 0.3) is 0 Å². The van der Waals surface area contributed by atoms with E-state index >= 15 is 0 Å². The van der Waals surface area contributed by atoms with Crippen molar-refractivity contribution in [3.05, 3.63) is 16.6 Å². The summed E-state index contributed by atoms with van der Waals surface area (Å²) in [6.45, 7) is 2.51. The van der Waals surface area contributed by atoms with Gasteiger partial charge in [0.15, 0.2) is 0 Å². The molecule has 1 atom stereocenters. The van der Waals surface area contributed by atoms with Crippen LogP contribution in [0.5, 0.6) is 0 Å². The van der Waals surface area contributed by atoms with Gasteiger partial charge in [-0.1, -0.05) is 19.3 Å². The van der Waals surface area contributed by atoms with Crippen LogP contribution in [0, 0.1) is 5.41 Å². The lowest BCUT2D eigenvalue weighted by molar-refractivity contribution is -0.142. The molecule has 0 aromatic carbocycles. The van der Waals surface area contributed by atoms with Crippen LogP contribution in [0.1, 0.15) is 49.6 Å². The highest BCUT2D eigenvalue weighted by Gasteiger charge is 2.36. The summed E-state index contributed by atoms with van der Waals surface area (Å²) in [7, 11) is 0. The van der Waals surface area contributed by atoms with E-state index in [1.165, 1.54) is 19.3 Å². The topological polar surface area (TPSA) is 68.5 Å². The van der Waals surface area contributed by atoms with Gasteiger partial charge in [0.25, 0.3) is 0 Å². The first-order valence-electron chi connectivity index (χ1n) is 8.21. The molecule has 2 fully saturated rings. The summed E-state index contributed by atoms with van der Waals surface area (Å²) in [4.78, 5) is 19.0. The Hall–Kier alpha value is -0.400. The molecule has 1 aromatic rings. The number of nitrogens with two attached hydrogens (primary N) is 1. The molecule has 24 heavy (non-hydrogen) atoms. The summed E-state index contributed by atoms with van der Waals surface area (Å²) in [5.41, 5.74) is 6.05. The lowest BCUT2D eigenvalue weighted by Gasteiger charge is -2.39. The van der Waals surface area contributed by atoms with E-state index in [0.717, 1.165) is 17.8 Å². The molecule has 2 heterocycles. The number of nitrogens with zero attached hydrogens (tertiary/aromatic N) is 2. The minimum atomic E-state index is -0.0714. The Balaban J connectivity index is 0.00000144. The van der Waals surface area contributed by atoms with Crippen molar-refractivity contribution in [2.24, 2.45) is 11.1 Å². The van der Waals surface area contributed by atoms with E-state index in [9.17, 15) is 4.79 Å². The van der Waals surface area contributed by atoms with Gasteiger partial charge in [0.2, 0.25) is 5.91 Å². The Morgan fingerprint density at radius 2 is 2.12 bits per heavy atom. The zero-order chi connectivity index (χ0) is 15.4. The SMILES string of the molecule is Cl.Cl.NCC1(CC(=O)N2CCOC(c3nccs3)C2)CCCCC1. The highest BCUT2D eigenvalue weighted by atomic mass is 35.5. The number of carbonyl (C=O) groups excluding carboxylic acids is 1. The standard InChI is InChI=1S/C16H25N3O2S.2ClH/c17-12-16(4-2-1-3-5-16)10-14(20)19-7-8-21-13(11-19)15-18-6-9-22-15;;/h6,9,13H,1-5,7-8,10-12,17H2;2*1H. The molecule has 2 N–H and O–H groups in total. The van der Waals surface area contributed by atoms with Gasteiger partial charge < -0.3 is 15.4 Å². The van der Waals surface area contributed by atoms with Gasteiger partial charge in [-0.3, -0.25) is 4.79 Å². The molecule has 1 amide bonds. The van der Waals surface area contributed by atoms with Gasteiger partial charge in [0.1, 0.15) is 11.1 Å². The van der Waals surface area contributed by atoms with E-state index in [4.69, 9.17) is 10.5 Å². The second-order valence-corrected chi connectivity index (χ2v) is 7.44. The Bertz CT molecular complexity index is 496. The molecule has 1 aliphatic heterocycles. The van der Waals surface area contributed by atoms with Crippen LogP contribution in [-0.4, -0.2) is 42.0 Å². The van der Waals surface area contributed by atoms with Crippen molar-refractivity contribution in [1.82, 2.24) is 9.88 Å². The molecule has 5 nitrogen and oxygen atoms in total. The maximum Gasteiger partial charge on any atom is 0.223 e. The fourth-order valence-corrected chi connectivity index (χ4v) is 4.28. The number of hydrogen-bond donors (Lipinski definition) is 1. The second-order valence-electron chi connectivity index (χ2n) is 6.51. The van der Waals surface area contributed by atoms with Crippen LogP contribution < -0.4 is 5.73 Å². The highest BCUT2D eigenvalue weighted by molar-refractivity contribution is 7.09. The van der Waals surface area contributed by atoms with Crippen LogP contribution in [0.2, 0.25) is 0 Å². The van der Waals surface area contributed by atoms with Crippen LogP contribution in [0.4, 0.5) is 0 Å². The average molecular weight is 396 g/mol. The fourth-order valence-electron chi connectivity index (χ4n) is 3.61. The number of ether oxygens (including phenoxy) is 1. The largest absolute Gasteiger partial charge is 0.367 e. The van der Waals surface area contributed by atoms with Gasteiger partial charge >= 0.3 is 0 Å². The Morgan fingerprint density at radius 1 is 1.38 bits per heavy atom. The van der Waals surface area contributed by atoms with E-state index in [1.807, 2.05) is 10.3 Å². The van der Waals surface area contributed by atoms with Crippen LogP contribution in [0.3, 0.4) is 0 Å². The van der Waals surface area contributed by atoms with Crippen molar-refractivity contribution in [2.75, 3.05) is 26.2 Å². The molecule has 1 unspecified atom stereocenters. The maximum absolute atomic E-state index is 12.7. The number of carbonyl (C=O) groups is 1. The van der Waals surface area contributed by atoms with E-state index in [2.05, 4.69) is 4.98 Å². The van der Waals surface area contributed by atoms with E-state index in [-0.39, 0.29) is 42.2 Å². The van der Waals surface area contributed by atoms with E-state index < -0.39 is 0 Å². The lowest BCUT2D eigenvalue weighted by atomic mass is 9.71. The number of rotatable bonds is 4. The number of halogens is 2. The fraction of sp³-hybridized carbons (Fsp3) is 0.750. The number of aromatic nitrogens is 1. The molecule has 8 heteroatoms. The average Bonchev–Trinajstić information content (AvgIpc) is 3.10. The van der Waals surface area contributed by atoms with Crippen molar-refractivity contribution in [2.45, 2.75) is 44.6 Å². The predicted octanol–water partition coefficient (Wildman–Crippen LogP) is 3.19. The number of hydrogen-bond acceptors (Lipinski definition) is 5. The third-order valence-electron chi connectivity index (χ3n) is 5.02. The molecular formula is C16H27Cl2N3O2S. The van der Waals surface area contributed by atoms with Crippen molar-refractivity contribution in [1.29, 1.82) is 0 Å². The molecule has 1 saturated carbocycles. The quantitative estimate of drug-likeness (QED) is 0.849. The Kier molecular flexibility index (Phi) is 8.95. The summed E-state index contributed by atoms with van der Waals surface area (Å²) in [6, 6.07) is 0. The Morgan fingerprint density at radius 3 is 2.75 bits per heavy atom. The Labute approximate surface area is 160 Å². The van der Waals surface area contributed by atoms with Crippen LogP contribution in [-0.2, 0) is 9.53 Å². The van der Waals surface area contributed by atoms with Gasteiger partial charge in [-0.15, -0.1) is 36.2 Å². The van der Waals surface area contributed by atoms with Crippen molar-refractivity contribution >= 4 is 42.1 Å². The van der Waals surface area contributed by atoms with Crippen molar-refractivity contribution in [3.63, 3.8) is 0 Å². The molecule has 3 rings (SSSR count). The summed E-state index contributed by atoms with van der Waals surface area (Å²) in [5.74, 6) is 0.234. The van der Waals surface area contributed by atoms with E-state index in [1.54, 1.807) is 17.5 Å². The monoisotopic (exact) mass is 395 g/mol. The minimum absolute atomic E-state index is 0. The highest BCUT2D eigenvalue weighted by Crippen LogP contribution is 2.39. The summed E-state index contributed by atoms with van der Waals surface area (Å²) in [5, 5.41) is 2.91. The molecule has 0 spiro atoms. The number of morpholine rings is 1. The molecule has 1 saturated heterocycles. The van der Waals surface area contributed by atoms with Crippen molar-refractivity contribution < 1.29 is 9.53 Å². The summed E-state index contributed by atoms with van der Waals surface area (Å²) < 4.78 is 5.77. The van der Waals surface area contributed by atoms with E-state index in [0.29, 0.717) is 32.7 Å². The number of thiazole rings is 1. The first-order chi connectivity index (χ1) is 10.7. The smallest absolute Gasteiger partial charge is 0.223 e. The van der Waals surface area contributed by atoms with Crippen molar-refractivity contribution in [3.8, 4) is 0 Å². The van der Waals surface area contributed by atoms with Gasteiger partial charge in [-0.2, -0.15) is 0 Å². The minimum Gasteiger partial charge on any atom is -0.367 e. The maximum atomic E-state index is 12.7. The summed E-state index contributed by atoms with van der Waals surface area (Å²) >= 11 is 1.59. The van der Waals surface area contributed by atoms with Gasteiger partial charge in [0, 0.05) is 24.5 Å². The zero-order valence-corrected chi connectivity index (χ0v) is 16.3. The zero-order valence-electron chi connectivity index (χ0n) is 13.8. The first-order valence-corrected chi connectivity index (χ1v) is 9.09. The number of amides is 1. The van der Waals surface area contributed by atoms with Crippen LogP contribution in [0.15, 0.2) is 11.6 Å². The third-order valence-corrected chi connectivity index (χ3v) is 5.89. The second kappa shape index (κ2) is 9.92. The first kappa shape index (κ1) is 21.6. The molecule has 2 aliphatic rings. The molecule has 0 bridgehead atoms. The molecule has 0 radical (unpaired) electrons. The summed E-state index contributed by atoms with van der Waals surface area (Å²) in [6.07, 6.45) is 8.18. The van der Waals surface area contributed by atoms with Gasteiger partial charge in [0.05, 0.1) is 13.2 Å². The van der Waals surface area contributed by atoms with Gasteiger partial charge in [-0.05, 0) is 24.8 Å². The molecular weight excluding hydrogens is 369 g/mol. The third kappa shape index (κ3) is 5.05. The predicted molar refractivity (Wildman–Crippen MR) is 101 cm³/mol. The molecule has 1 aromatic heterocycles. The molecule has 1 aliphatic carbocycles. The van der Waals surface area contributed by atoms with Crippen LogP contribution >= 0.6 is 36.2 Å². The molecule has 138 valence electrons. The normalized spacial score (nSPS) is 23.0.